The van der Waals surface area contributed by atoms with E-state index in [4.69, 9.17) is 14.2 Å². The molecule has 1 heterocycles. The van der Waals surface area contributed by atoms with Gasteiger partial charge in [-0.15, -0.1) is 0 Å². The summed E-state index contributed by atoms with van der Waals surface area (Å²) in [5.41, 5.74) is 0.885. The lowest BCUT2D eigenvalue weighted by Gasteiger charge is -2.55. The fourth-order valence-electron chi connectivity index (χ4n) is 8.34. The second kappa shape index (κ2) is 7.64. The highest BCUT2D eigenvalue weighted by atomic mass is 16.7. The third kappa shape index (κ3) is 3.07. The minimum Gasteiger partial charge on any atom is -0.381 e. The van der Waals surface area contributed by atoms with Crippen molar-refractivity contribution in [2.24, 2.45) is 34.0 Å². The van der Waals surface area contributed by atoms with Gasteiger partial charge >= 0.3 is 0 Å². The van der Waals surface area contributed by atoms with E-state index in [1.165, 1.54) is 18.4 Å². The molecule has 8 atom stereocenters. The van der Waals surface area contributed by atoms with Crippen molar-refractivity contribution in [1.82, 2.24) is 4.98 Å². The maximum Gasteiger partial charge on any atom is 0.146 e. The predicted molar refractivity (Wildman–Crippen MR) is 117 cm³/mol. The maximum atomic E-state index is 14.3. The molecule has 4 fully saturated rings. The molecule has 0 aromatic carbocycles. The molecule has 4 saturated carbocycles. The van der Waals surface area contributed by atoms with E-state index < -0.39 is 5.41 Å². The van der Waals surface area contributed by atoms with E-state index in [0.717, 1.165) is 32.1 Å². The van der Waals surface area contributed by atoms with Gasteiger partial charge in [-0.3, -0.25) is 9.78 Å². The van der Waals surface area contributed by atoms with Crippen LogP contribution < -0.4 is 0 Å². The van der Waals surface area contributed by atoms with Gasteiger partial charge in [0.25, 0.3) is 0 Å². The number of carbonyl (C=O) groups excluding carboxylic acids is 1. The van der Waals surface area contributed by atoms with Crippen LogP contribution in [-0.2, 0) is 25.4 Å². The molecule has 5 nitrogen and oxygen atoms in total. The lowest BCUT2D eigenvalue weighted by Crippen LogP contribution is -2.57. The number of methoxy groups -OCH3 is 2. The number of carbonyl (C=O) groups is 1. The van der Waals surface area contributed by atoms with Crippen molar-refractivity contribution in [2.75, 3.05) is 21.0 Å². The first-order valence-electron chi connectivity index (χ1n) is 12.0. The highest BCUT2D eigenvalue weighted by Gasteiger charge is 2.76. The molecule has 0 radical (unpaired) electrons. The van der Waals surface area contributed by atoms with Crippen LogP contribution in [0, 0.1) is 34.0 Å². The van der Waals surface area contributed by atoms with Crippen LogP contribution in [-0.4, -0.2) is 44.0 Å². The highest BCUT2D eigenvalue weighted by molar-refractivity contribution is 5.88. The summed E-state index contributed by atoms with van der Waals surface area (Å²) in [6, 6.07) is 4.09. The molecule has 0 aliphatic heterocycles. The first-order chi connectivity index (χ1) is 14.9. The van der Waals surface area contributed by atoms with Gasteiger partial charge in [0.1, 0.15) is 12.6 Å². The van der Waals surface area contributed by atoms with Crippen molar-refractivity contribution in [3.8, 4) is 0 Å². The van der Waals surface area contributed by atoms with E-state index in [-0.39, 0.29) is 35.7 Å². The molecule has 1 spiro atoms. The summed E-state index contributed by atoms with van der Waals surface area (Å²) in [5.74, 6) is 1.56. The van der Waals surface area contributed by atoms with E-state index in [1.54, 1.807) is 7.11 Å². The van der Waals surface area contributed by atoms with Crippen molar-refractivity contribution in [3.63, 3.8) is 0 Å². The molecule has 2 unspecified atom stereocenters. The normalized spacial score (nSPS) is 46.1. The number of Topliss-reactive ketones (excluding diaryl/α,β-unsaturated/α-hetero) is 1. The fourth-order valence-corrected chi connectivity index (χ4v) is 8.34. The third-order valence-corrected chi connectivity index (χ3v) is 9.74. The number of hydrogen-bond acceptors (Lipinski definition) is 5. The van der Waals surface area contributed by atoms with E-state index in [0.29, 0.717) is 17.6 Å². The molecular weight excluding hydrogens is 390 g/mol. The Hall–Kier alpha value is -1.30. The minimum atomic E-state index is -0.459. The molecule has 5 heteroatoms. The molecule has 1 aromatic rings. The summed E-state index contributed by atoms with van der Waals surface area (Å²) < 4.78 is 17.9. The minimum absolute atomic E-state index is 0.0289. The van der Waals surface area contributed by atoms with Crippen LogP contribution in [0.5, 0.6) is 0 Å². The number of aromatic nitrogens is 1. The van der Waals surface area contributed by atoms with Crippen LogP contribution in [0.1, 0.15) is 57.9 Å². The van der Waals surface area contributed by atoms with Crippen molar-refractivity contribution in [3.05, 3.63) is 30.1 Å². The van der Waals surface area contributed by atoms with Crippen LogP contribution in [0.15, 0.2) is 24.5 Å². The predicted octanol–water partition coefficient (Wildman–Crippen LogP) is 4.44. The first kappa shape index (κ1) is 21.5. The molecule has 31 heavy (non-hydrogen) atoms. The quantitative estimate of drug-likeness (QED) is 0.628. The van der Waals surface area contributed by atoms with Crippen LogP contribution in [0.3, 0.4) is 0 Å². The average molecular weight is 428 g/mol. The number of nitrogens with zero attached hydrogens (tertiary/aromatic N) is 1. The SMILES string of the molecule is COCO[C@@H]1C[C@@](C)(Cc2ccncc2)C(=O)[C@H](C)C23CC[C@H]4C[C@]41C2[C@H](OC)CC3. The summed E-state index contributed by atoms with van der Waals surface area (Å²) in [6.07, 6.45) is 11.1. The van der Waals surface area contributed by atoms with E-state index >= 15 is 0 Å². The third-order valence-electron chi connectivity index (χ3n) is 9.74. The molecular formula is C26H37NO4. The zero-order valence-corrected chi connectivity index (χ0v) is 19.4. The number of hydrogen-bond donors (Lipinski definition) is 0. The van der Waals surface area contributed by atoms with Gasteiger partial charge < -0.3 is 14.2 Å². The molecule has 1 aromatic heterocycles. The van der Waals surface area contributed by atoms with E-state index in [2.05, 4.69) is 18.8 Å². The Morgan fingerprint density at radius 2 is 1.87 bits per heavy atom. The number of rotatable bonds is 6. The van der Waals surface area contributed by atoms with Crippen LogP contribution in [0.4, 0.5) is 0 Å². The zero-order chi connectivity index (χ0) is 21.9. The Labute approximate surface area is 186 Å². The van der Waals surface area contributed by atoms with Gasteiger partial charge in [-0.25, -0.2) is 0 Å². The second-order valence-electron chi connectivity index (χ2n) is 11.0. The van der Waals surface area contributed by atoms with Crippen LogP contribution in [0.2, 0.25) is 0 Å². The Bertz CT molecular complexity index is 830. The van der Waals surface area contributed by atoms with E-state index in [1.807, 2.05) is 31.6 Å². The van der Waals surface area contributed by atoms with Crippen molar-refractivity contribution < 1.29 is 19.0 Å². The second-order valence-corrected chi connectivity index (χ2v) is 11.0. The van der Waals surface area contributed by atoms with Crippen molar-refractivity contribution in [2.45, 2.75) is 71.0 Å². The van der Waals surface area contributed by atoms with Crippen LogP contribution >= 0.6 is 0 Å². The first-order valence-corrected chi connectivity index (χ1v) is 12.0. The van der Waals surface area contributed by atoms with Gasteiger partial charge in [-0.2, -0.15) is 0 Å². The van der Waals surface area contributed by atoms with Gasteiger partial charge in [0, 0.05) is 43.4 Å². The molecule has 5 rings (SSSR count). The molecule has 0 saturated heterocycles. The Morgan fingerprint density at radius 1 is 1.13 bits per heavy atom. The smallest absolute Gasteiger partial charge is 0.146 e. The summed E-state index contributed by atoms with van der Waals surface area (Å²) in [7, 11) is 3.55. The summed E-state index contributed by atoms with van der Waals surface area (Å²) >= 11 is 0. The average Bonchev–Trinajstić information content (AvgIpc) is 3.40. The van der Waals surface area contributed by atoms with Crippen molar-refractivity contribution in [1.29, 1.82) is 0 Å². The fraction of sp³-hybridized carbons (Fsp3) is 0.769. The summed E-state index contributed by atoms with van der Waals surface area (Å²) in [4.78, 5) is 18.4. The summed E-state index contributed by atoms with van der Waals surface area (Å²) in [5, 5.41) is 0. The largest absolute Gasteiger partial charge is 0.381 e. The Balaban J connectivity index is 1.60. The van der Waals surface area contributed by atoms with Gasteiger partial charge in [-0.1, -0.05) is 13.8 Å². The molecule has 170 valence electrons. The maximum absolute atomic E-state index is 14.3. The Morgan fingerprint density at radius 3 is 2.58 bits per heavy atom. The lowest BCUT2D eigenvalue weighted by atomic mass is 9.50. The molecule has 2 bridgehead atoms. The monoisotopic (exact) mass is 427 g/mol. The van der Waals surface area contributed by atoms with Gasteiger partial charge in [-0.05, 0) is 79.9 Å². The summed E-state index contributed by atoms with van der Waals surface area (Å²) in [6.45, 7) is 4.69. The highest BCUT2D eigenvalue weighted by Crippen LogP contribution is 2.78. The van der Waals surface area contributed by atoms with E-state index in [9.17, 15) is 4.79 Å². The number of ketones is 1. The van der Waals surface area contributed by atoms with Crippen LogP contribution in [0.25, 0.3) is 0 Å². The molecule has 0 N–H and O–H groups in total. The number of ether oxygens (including phenoxy) is 3. The lowest BCUT2D eigenvalue weighted by molar-refractivity contribution is -0.182. The topological polar surface area (TPSA) is 57.7 Å². The number of pyridine rings is 1. The molecule has 4 aliphatic rings. The van der Waals surface area contributed by atoms with Gasteiger partial charge in [0.05, 0.1) is 12.2 Å². The molecule has 4 aliphatic carbocycles. The Kier molecular flexibility index (Phi) is 5.31. The zero-order valence-electron chi connectivity index (χ0n) is 19.4. The van der Waals surface area contributed by atoms with Gasteiger partial charge in [0.15, 0.2) is 0 Å². The van der Waals surface area contributed by atoms with Gasteiger partial charge in [0.2, 0.25) is 0 Å². The standard InChI is InChI=1S/C26H37NO4/c1-17-23(28)24(2,13-18-7-11-27-12-8-18)15-21(31-16-29-3)26-14-19(26)5-9-25(17)10-6-20(30-4)22(25)26/h7-8,11-12,17,19-22H,5-6,9-10,13-16H2,1-4H3/t17-,19-,20+,21+,22?,24+,25?,26-/m0/s1. The van der Waals surface area contributed by atoms with Crippen molar-refractivity contribution >= 4 is 5.78 Å². The molecule has 0 amide bonds.